The third-order valence-electron chi connectivity index (χ3n) is 7.93. The summed E-state index contributed by atoms with van der Waals surface area (Å²) >= 11 is 5.12. The first-order chi connectivity index (χ1) is 18.9. The van der Waals surface area contributed by atoms with Gasteiger partial charge in [0.05, 0.1) is 17.0 Å². The van der Waals surface area contributed by atoms with Crippen molar-refractivity contribution in [3.63, 3.8) is 0 Å². The van der Waals surface area contributed by atoms with Crippen LogP contribution in [0.25, 0.3) is 11.1 Å². The van der Waals surface area contributed by atoms with E-state index in [0.717, 1.165) is 83.2 Å². The van der Waals surface area contributed by atoms with Crippen molar-refractivity contribution >= 4 is 50.6 Å². The van der Waals surface area contributed by atoms with Crippen LogP contribution in [-0.2, 0) is 9.59 Å². The largest absolute Gasteiger partial charge is 0.372 e. The molecule has 1 aliphatic rings. The van der Waals surface area contributed by atoms with Gasteiger partial charge in [-0.25, -0.2) is 0 Å². The molecule has 0 fully saturated rings. The number of carbonyl (C=O) groups is 2. The van der Waals surface area contributed by atoms with Gasteiger partial charge in [-0.05, 0) is 53.8 Å². The Kier molecular flexibility index (Phi) is 12.5. The van der Waals surface area contributed by atoms with Gasteiger partial charge in [0.15, 0.2) is 6.29 Å². The highest BCUT2D eigenvalue weighted by Gasteiger charge is 2.41. The fraction of sp³-hybridized carbons (Fsp3) is 0.515. The second-order valence-corrected chi connectivity index (χ2v) is 12.6. The number of hydrogen-bond donors (Lipinski definition) is 0. The van der Waals surface area contributed by atoms with Crippen molar-refractivity contribution in [2.45, 2.75) is 79.1 Å². The van der Waals surface area contributed by atoms with Crippen LogP contribution in [0.1, 0.15) is 89.5 Å². The maximum absolute atomic E-state index is 14.4. The van der Waals surface area contributed by atoms with Crippen molar-refractivity contribution < 1.29 is 9.59 Å². The van der Waals surface area contributed by atoms with Gasteiger partial charge in [-0.2, -0.15) is 0 Å². The van der Waals surface area contributed by atoms with Gasteiger partial charge in [0.1, 0.15) is 0 Å². The zero-order valence-corrected chi connectivity index (χ0v) is 26.7. The SMILES string of the molecule is CCCCC(CC)CN(C)C1=C(c2cccs2)C(=O)N(CC(CC)CCCC)/C1=C(/C=O)c1ccc(Br)cc1. The van der Waals surface area contributed by atoms with E-state index in [4.69, 9.17) is 0 Å². The van der Waals surface area contributed by atoms with Crippen LogP contribution >= 0.6 is 27.3 Å². The number of amides is 1. The van der Waals surface area contributed by atoms with Gasteiger partial charge in [0, 0.05) is 35.1 Å². The molecule has 1 aromatic heterocycles. The number of thiophene rings is 1. The molecule has 0 radical (unpaired) electrons. The Bertz CT molecular complexity index is 1140. The van der Waals surface area contributed by atoms with Gasteiger partial charge in [-0.1, -0.05) is 100 Å². The van der Waals surface area contributed by atoms with E-state index in [1.807, 2.05) is 46.7 Å². The summed E-state index contributed by atoms with van der Waals surface area (Å²) < 4.78 is 0.959. The topological polar surface area (TPSA) is 40.6 Å². The number of allylic oxidation sites excluding steroid dienone is 1. The van der Waals surface area contributed by atoms with E-state index in [1.165, 1.54) is 12.8 Å². The Balaban J connectivity index is 2.23. The Morgan fingerprint density at radius 1 is 1.00 bits per heavy atom. The first-order valence-corrected chi connectivity index (χ1v) is 16.3. The smallest absolute Gasteiger partial charge is 0.261 e. The summed E-state index contributed by atoms with van der Waals surface area (Å²) in [4.78, 5) is 32.4. The number of unbranched alkanes of at least 4 members (excludes halogenated alkanes) is 2. The van der Waals surface area contributed by atoms with E-state index in [-0.39, 0.29) is 5.91 Å². The van der Waals surface area contributed by atoms with Gasteiger partial charge in [-0.3, -0.25) is 9.59 Å². The number of rotatable bonds is 16. The van der Waals surface area contributed by atoms with Crippen molar-refractivity contribution in [1.29, 1.82) is 0 Å². The maximum Gasteiger partial charge on any atom is 0.261 e. The van der Waals surface area contributed by atoms with Crippen molar-refractivity contribution in [3.05, 3.63) is 68.1 Å². The van der Waals surface area contributed by atoms with Crippen molar-refractivity contribution in [2.24, 2.45) is 11.8 Å². The van der Waals surface area contributed by atoms with E-state index < -0.39 is 0 Å². The van der Waals surface area contributed by atoms with Gasteiger partial charge < -0.3 is 9.80 Å². The lowest BCUT2D eigenvalue weighted by molar-refractivity contribution is -0.122. The predicted molar refractivity (Wildman–Crippen MR) is 169 cm³/mol. The molecular weight excluding hydrogens is 568 g/mol. The van der Waals surface area contributed by atoms with Gasteiger partial charge in [-0.15, -0.1) is 11.3 Å². The minimum atomic E-state index is 0.0160. The lowest BCUT2D eigenvalue weighted by Crippen LogP contribution is -2.33. The fourth-order valence-electron chi connectivity index (χ4n) is 5.51. The molecule has 1 amide bonds. The molecule has 39 heavy (non-hydrogen) atoms. The molecule has 0 N–H and O–H groups in total. The number of nitrogens with zero attached hydrogens (tertiary/aromatic N) is 2. The molecule has 0 saturated carbocycles. The highest BCUT2D eigenvalue weighted by Crippen LogP contribution is 2.43. The molecule has 212 valence electrons. The average Bonchev–Trinajstić information content (AvgIpc) is 3.57. The number of aldehydes is 1. The van der Waals surface area contributed by atoms with E-state index in [0.29, 0.717) is 24.0 Å². The summed E-state index contributed by atoms with van der Waals surface area (Å²) in [7, 11) is 2.10. The molecule has 4 nitrogen and oxygen atoms in total. The first-order valence-electron chi connectivity index (χ1n) is 14.7. The van der Waals surface area contributed by atoms with Crippen molar-refractivity contribution in [3.8, 4) is 0 Å². The predicted octanol–water partition coefficient (Wildman–Crippen LogP) is 9.04. The van der Waals surface area contributed by atoms with Crippen LogP contribution in [0.4, 0.5) is 0 Å². The molecule has 6 heteroatoms. The molecule has 0 spiro atoms. The molecule has 2 unspecified atom stereocenters. The minimum Gasteiger partial charge on any atom is -0.372 e. The summed E-state index contributed by atoms with van der Waals surface area (Å²) in [6, 6.07) is 11.9. The van der Waals surface area contributed by atoms with Gasteiger partial charge in [0.2, 0.25) is 0 Å². The van der Waals surface area contributed by atoms with Crippen LogP contribution in [-0.4, -0.2) is 42.1 Å². The van der Waals surface area contributed by atoms with E-state index in [1.54, 1.807) is 11.3 Å². The number of hydrogen-bond acceptors (Lipinski definition) is 4. The number of halogens is 1. The van der Waals surface area contributed by atoms with Crippen LogP contribution in [0.15, 0.2) is 57.6 Å². The van der Waals surface area contributed by atoms with Crippen molar-refractivity contribution in [2.75, 3.05) is 20.1 Å². The first kappa shape index (κ1) is 31.3. The zero-order chi connectivity index (χ0) is 28.4. The molecule has 0 saturated heterocycles. The molecule has 2 atom stereocenters. The monoisotopic (exact) mass is 612 g/mol. The maximum atomic E-state index is 14.4. The summed E-state index contributed by atoms with van der Waals surface area (Å²) in [5, 5.41) is 2.03. The highest BCUT2D eigenvalue weighted by molar-refractivity contribution is 9.10. The Hall–Kier alpha value is -2.18. The second-order valence-electron chi connectivity index (χ2n) is 10.7. The van der Waals surface area contributed by atoms with E-state index in [9.17, 15) is 9.59 Å². The molecule has 0 aliphatic carbocycles. The molecular formula is C33H45BrN2O2S. The zero-order valence-electron chi connectivity index (χ0n) is 24.3. The second kappa shape index (κ2) is 15.6. The normalized spacial score (nSPS) is 16.6. The third kappa shape index (κ3) is 7.73. The number of likely N-dealkylation sites (N-methyl/N-ethyl adjacent to an activating group) is 1. The summed E-state index contributed by atoms with van der Waals surface area (Å²) in [6.45, 7) is 10.4. The molecule has 1 aromatic carbocycles. The van der Waals surface area contributed by atoms with Crippen LogP contribution in [0, 0.1) is 11.8 Å². The summed E-state index contributed by atoms with van der Waals surface area (Å²) in [5.74, 6) is 0.920. The Morgan fingerprint density at radius 3 is 2.18 bits per heavy atom. The standard InChI is InChI=1S/C33H45BrN2O2S/c1-6-10-13-24(8-3)21-35(5)32-30(29-15-12-20-39-29)33(38)36(22-25(9-4)14-11-7-2)31(32)28(23-37)26-16-18-27(34)19-17-26/h12,15-20,23-25H,6-11,13-14,21-22H2,1-5H3/b31-28-. The quantitative estimate of drug-likeness (QED) is 0.140. The van der Waals surface area contributed by atoms with Crippen LogP contribution in [0.5, 0.6) is 0 Å². The number of carbonyl (C=O) groups excluding carboxylic acids is 2. The van der Waals surface area contributed by atoms with Crippen LogP contribution in [0.3, 0.4) is 0 Å². The van der Waals surface area contributed by atoms with Crippen molar-refractivity contribution in [1.82, 2.24) is 9.80 Å². The lowest BCUT2D eigenvalue weighted by atomic mass is 9.96. The van der Waals surface area contributed by atoms with E-state index >= 15 is 0 Å². The molecule has 0 bridgehead atoms. The average molecular weight is 614 g/mol. The Morgan fingerprint density at radius 2 is 1.64 bits per heavy atom. The molecule has 2 heterocycles. The lowest BCUT2D eigenvalue weighted by Gasteiger charge is -2.31. The van der Waals surface area contributed by atoms with E-state index in [2.05, 4.69) is 55.6 Å². The summed E-state index contributed by atoms with van der Waals surface area (Å²) in [6.07, 6.45) is 9.93. The van der Waals surface area contributed by atoms with Crippen LogP contribution in [0.2, 0.25) is 0 Å². The number of benzene rings is 1. The molecule has 2 aromatic rings. The van der Waals surface area contributed by atoms with Gasteiger partial charge >= 0.3 is 0 Å². The highest BCUT2D eigenvalue weighted by atomic mass is 79.9. The third-order valence-corrected chi connectivity index (χ3v) is 9.34. The van der Waals surface area contributed by atoms with Crippen LogP contribution < -0.4 is 0 Å². The van der Waals surface area contributed by atoms with Gasteiger partial charge in [0.25, 0.3) is 5.91 Å². The molecule has 1 aliphatic heterocycles. The Labute approximate surface area is 248 Å². The summed E-state index contributed by atoms with van der Waals surface area (Å²) in [5.41, 5.74) is 3.81. The fourth-order valence-corrected chi connectivity index (χ4v) is 6.53. The molecule has 3 rings (SSSR count). The minimum absolute atomic E-state index is 0.0160.